The van der Waals surface area contributed by atoms with Gasteiger partial charge in [0.15, 0.2) is 5.78 Å². The number of hydrogen-bond donors (Lipinski definition) is 0. The number of ketones is 1. The first-order valence-electron chi connectivity index (χ1n) is 5.17. The maximum Gasteiger partial charge on any atom is 0.162 e. The second-order valence-electron chi connectivity index (χ2n) is 3.51. The van der Waals surface area contributed by atoms with Gasteiger partial charge in [-0.15, -0.1) is 11.8 Å². The monoisotopic (exact) mass is 196 g/mol. The summed E-state index contributed by atoms with van der Waals surface area (Å²) >= 11 is 0. The minimum Gasteiger partial charge on any atom is -0.370 e. The number of ether oxygens (including phenoxy) is 1. The lowest BCUT2D eigenvalue weighted by atomic mass is 10.00. The molecule has 0 aliphatic carbocycles. The topological polar surface area (TPSA) is 26.3 Å². The Morgan fingerprint density at radius 3 is 2.50 bits per heavy atom. The largest absolute Gasteiger partial charge is 0.370 e. The van der Waals surface area contributed by atoms with E-state index in [1.165, 1.54) is 0 Å². The average molecular weight is 196 g/mol. The van der Waals surface area contributed by atoms with Crippen molar-refractivity contribution in [3.8, 4) is 11.8 Å². The molecular weight excluding hydrogens is 176 g/mol. The molecule has 0 aliphatic rings. The van der Waals surface area contributed by atoms with Crippen molar-refractivity contribution < 1.29 is 9.53 Å². The SMILES string of the molecule is CC#CCCC(=O)C(OCC)C(C)C. The van der Waals surface area contributed by atoms with Crippen LogP contribution in [0.1, 0.15) is 40.5 Å². The fraction of sp³-hybridized carbons (Fsp3) is 0.750. The molecule has 0 bridgehead atoms. The first-order chi connectivity index (χ1) is 6.63. The van der Waals surface area contributed by atoms with Crippen LogP contribution in [0.15, 0.2) is 0 Å². The van der Waals surface area contributed by atoms with Crippen LogP contribution in [0.2, 0.25) is 0 Å². The molecule has 0 aromatic carbocycles. The van der Waals surface area contributed by atoms with Crippen LogP contribution in [0.4, 0.5) is 0 Å². The first kappa shape index (κ1) is 13.2. The quantitative estimate of drug-likeness (QED) is 0.610. The highest BCUT2D eigenvalue weighted by molar-refractivity contribution is 5.83. The van der Waals surface area contributed by atoms with Crippen molar-refractivity contribution in [1.82, 2.24) is 0 Å². The van der Waals surface area contributed by atoms with Gasteiger partial charge < -0.3 is 4.74 Å². The van der Waals surface area contributed by atoms with Gasteiger partial charge in [0.2, 0.25) is 0 Å². The van der Waals surface area contributed by atoms with Gasteiger partial charge in [0.05, 0.1) is 0 Å². The predicted octanol–water partition coefficient (Wildman–Crippen LogP) is 2.42. The van der Waals surface area contributed by atoms with E-state index in [9.17, 15) is 4.79 Å². The molecule has 0 fully saturated rings. The summed E-state index contributed by atoms with van der Waals surface area (Å²) in [5, 5.41) is 0. The summed E-state index contributed by atoms with van der Waals surface area (Å²) < 4.78 is 5.40. The van der Waals surface area contributed by atoms with Crippen LogP contribution in [0.5, 0.6) is 0 Å². The van der Waals surface area contributed by atoms with Gasteiger partial charge in [-0.2, -0.15) is 0 Å². The number of Topliss-reactive ketones (excluding diaryl/α,β-unsaturated/α-hetero) is 1. The third-order valence-electron chi connectivity index (χ3n) is 1.94. The zero-order chi connectivity index (χ0) is 11.0. The average Bonchev–Trinajstić information content (AvgIpc) is 2.13. The summed E-state index contributed by atoms with van der Waals surface area (Å²) in [6.07, 6.45) is 0.897. The fourth-order valence-corrected chi connectivity index (χ4v) is 1.29. The number of carbonyl (C=O) groups excluding carboxylic acids is 1. The van der Waals surface area contributed by atoms with Gasteiger partial charge in [0, 0.05) is 19.4 Å². The minimum atomic E-state index is -0.251. The van der Waals surface area contributed by atoms with Crippen LogP contribution in [0.3, 0.4) is 0 Å². The van der Waals surface area contributed by atoms with Gasteiger partial charge in [-0.1, -0.05) is 13.8 Å². The molecule has 0 N–H and O–H groups in total. The maximum absolute atomic E-state index is 11.7. The summed E-state index contributed by atoms with van der Waals surface area (Å²) in [5.41, 5.74) is 0. The Morgan fingerprint density at radius 1 is 1.43 bits per heavy atom. The molecule has 1 unspecified atom stereocenters. The maximum atomic E-state index is 11.7. The van der Waals surface area contributed by atoms with Crippen LogP contribution >= 0.6 is 0 Å². The summed E-state index contributed by atoms with van der Waals surface area (Å²) in [7, 11) is 0. The number of rotatable bonds is 6. The highest BCUT2D eigenvalue weighted by atomic mass is 16.5. The van der Waals surface area contributed by atoms with Crippen molar-refractivity contribution in [2.45, 2.75) is 46.6 Å². The fourth-order valence-electron chi connectivity index (χ4n) is 1.29. The van der Waals surface area contributed by atoms with Gasteiger partial charge >= 0.3 is 0 Å². The first-order valence-corrected chi connectivity index (χ1v) is 5.17. The number of carbonyl (C=O) groups is 1. The third-order valence-corrected chi connectivity index (χ3v) is 1.94. The van der Waals surface area contributed by atoms with E-state index in [4.69, 9.17) is 4.74 Å². The van der Waals surface area contributed by atoms with Gasteiger partial charge in [-0.3, -0.25) is 4.79 Å². The Balaban J connectivity index is 4.06. The van der Waals surface area contributed by atoms with Crippen LogP contribution in [0, 0.1) is 17.8 Å². The Bertz CT molecular complexity index is 220. The minimum absolute atomic E-state index is 0.171. The summed E-state index contributed by atoms with van der Waals surface area (Å²) in [4.78, 5) is 11.7. The highest BCUT2D eigenvalue weighted by Gasteiger charge is 2.21. The molecule has 0 rings (SSSR count). The smallest absolute Gasteiger partial charge is 0.162 e. The van der Waals surface area contributed by atoms with Crippen LogP contribution < -0.4 is 0 Å². The van der Waals surface area contributed by atoms with E-state index in [1.54, 1.807) is 6.92 Å². The number of hydrogen-bond acceptors (Lipinski definition) is 2. The molecule has 0 heterocycles. The van der Waals surface area contributed by atoms with Crippen LogP contribution in [-0.2, 0) is 9.53 Å². The lowest BCUT2D eigenvalue weighted by molar-refractivity contribution is -0.132. The molecular formula is C12H20O2. The predicted molar refractivity (Wildman–Crippen MR) is 57.9 cm³/mol. The Hall–Kier alpha value is -0.810. The van der Waals surface area contributed by atoms with E-state index in [0.717, 1.165) is 0 Å². The molecule has 0 saturated heterocycles. The second kappa shape index (κ2) is 7.58. The highest BCUT2D eigenvalue weighted by Crippen LogP contribution is 2.10. The molecule has 0 aromatic heterocycles. The van der Waals surface area contributed by atoms with Crippen molar-refractivity contribution in [3.63, 3.8) is 0 Å². The van der Waals surface area contributed by atoms with Gasteiger partial charge in [-0.25, -0.2) is 0 Å². The summed E-state index contributed by atoms with van der Waals surface area (Å²) in [6, 6.07) is 0. The molecule has 0 aliphatic heterocycles. The lowest BCUT2D eigenvalue weighted by Crippen LogP contribution is -2.29. The lowest BCUT2D eigenvalue weighted by Gasteiger charge is -2.18. The van der Waals surface area contributed by atoms with E-state index in [0.29, 0.717) is 19.4 Å². The molecule has 2 heteroatoms. The van der Waals surface area contributed by atoms with Crippen molar-refractivity contribution in [3.05, 3.63) is 0 Å². The summed E-state index contributed by atoms with van der Waals surface area (Å²) in [6.45, 7) is 8.29. The van der Waals surface area contributed by atoms with E-state index in [2.05, 4.69) is 11.8 Å². The Morgan fingerprint density at radius 2 is 2.07 bits per heavy atom. The van der Waals surface area contributed by atoms with E-state index < -0.39 is 0 Å². The molecule has 0 aromatic rings. The molecule has 2 nitrogen and oxygen atoms in total. The van der Waals surface area contributed by atoms with E-state index in [1.807, 2.05) is 20.8 Å². The van der Waals surface area contributed by atoms with Crippen LogP contribution in [-0.4, -0.2) is 18.5 Å². The van der Waals surface area contributed by atoms with E-state index in [-0.39, 0.29) is 17.8 Å². The third kappa shape index (κ3) is 5.04. The van der Waals surface area contributed by atoms with Crippen LogP contribution in [0.25, 0.3) is 0 Å². The zero-order valence-electron chi connectivity index (χ0n) is 9.59. The molecule has 0 amide bonds. The van der Waals surface area contributed by atoms with Gasteiger partial charge in [0.25, 0.3) is 0 Å². The van der Waals surface area contributed by atoms with Crippen molar-refractivity contribution in [1.29, 1.82) is 0 Å². The van der Waals surface area contributed by atoms with Crippen molar-refractivity contribution in [2.75, 3.05) is 6.61 Å². The van der Waals surface area contributed by atoms with Gasteiger partial charge in [0.1, 0.15) is 6.10 Å². The second-order valence-corrected chi connectivity index (χ2v) is 3.51. The normalized spacial score (nSPS) is 12.1. The Kier molecular flexibility index (Phi) is 7.14. The standard InChI is InChI=1S/C12H20O2/c1-5-7-8-9-11(13)12(10(3)4)14-6-2/h10,12H,6,8-9H2,1-4H3. The van der Waals surface area contributed by atoms with E-state index >= 15 is 0 Å². The zero-order valence-corrected chi connectivity index (χ0v) is 9.59. The molecule has 80 valence electrons. The molecule has 1 atom stereocenters. The molecule has 0 spiro atoms. The Labute approximate surface area is 87.0 Å². The van der Waals surface area contributed by atoms with Crippen molar-refractivity contribution >= 4 is 5.78 Å². The summed E-state index contributed by atoms with van der Waals surface area (Å²) in [5.74, 6) is 6.09. The molecule has 14 heavy (non-hydrogen) atoms. The molecule has 0 saturated carbocycles. The van der Waals surface area contributed by atoms with Crippen molar-refractivity contribution in [2.24, 2.45) is 5.92 Å². The van der Waals surface area contributed by atoms with Gasteiger partial charge in [-0.05, 0) is 19.8 Å². The molecule has 0 radical (unpaired) electrons.